The van der Waals surface area contributed by atoms with Crippen LogP contribution in [0.15, 0.2) is 59.8 Å². The molecule has 0 spiro atoms. The summed E-state index contributed by atoms with van der Waals surface area (Å²) in [7, 11) is 3.44. The SMILES string of the molecule is COc1ccc(-c2nnc(SCC(=O)Nc3cc(C)nn3C)n2-c2ccccc2C(C)C)cc1. The topological polar surface area (TPSA) is 86.9 Å². The predicted molar refractivity (Wildman–Crippen MR) is 135 cm³/mol. The third-order valence-corrected chi connectivity index (χ3v) is 6.31. The molecule has 4 rings (SSSR count). The first-order valence-electron chi connectivity index (χ1n) is 11.0. The molecule has 0 atom stereocenters. The van der Waals surface area contributed by atoms with E-state index in [-0.39, 0.29) is 11.7 Å². The summed E-state index contributed by atoms with van der Waals surface area (Å²) in [5.74, 6) is 2.50. The number of thioether (sulfide) groups is 1. The second kappa shape index (κ2) is 10.1. The van der Waals surface area contributed by atoms with Gasteiger partial charge in [-0.1, -0.05) is 43.8 Å². The summed E-state index contributed by atoms with van der Waals surface area (Å²) in [6.45, 7) is 6.21. The van der Waals surface area contributed by atoms with E-state index in [9.17, 15) is 4.79 Å². The van der Waals surface area contributed by atoms with E-state index in [1.54, 1.807) is 18.8 Å². The van der Waals surface area contributed by atoms with Crippen molar-refractivity contribution in [2.24, 2.45) is 7.05 Å². The van der Waals surface area contributed by atoms with Crippen LogP contribution in [0.4, 0.5) is 5.82 Å². The zero-order valence-electron chi connectivity index (χ0n) is 19.9. The molecule has 1 N–H and O–H groups in total. The van der Waals surface area contributed by atoms with Gasteiger partial charge in [0, 0.05) is 18.7 Å². The van der Waals surface area contributed by atoms with Gasteiger partial charge in [0.2, 0.25) is 5.91 Å². The molecule has 2 aromatic heterocycles. The number of rotatable bonds is 8. The molecule has 2 heterocycles. The third kappa shape index (κ3) is 4.99. The molecule has 0 aliphatic heterocycles. The Morgan fingerprint density at radius 2 is 1.85 bits per heavy atom. The standard InChI is InChI=1S/C25H28N6O2S/c1-16(2)20-8-6-7-9-21(20)31-24(18-10-12-19(33-5)13-11-18)27-28-25(31)34-15-23(32)26-22-14-17(3)29-30(22)4/h6-14,16H,15H2,1-5H3,(H,26,32). The Bertz CT molecular complexity index is 1290. The van der Waals surface area contributed by atoms with Crippen LogP contribution >= 0.6 is 11.8 Å². The van der Waals surface area contributed by atoms with Gasteiger partial charge in [0.25, 0.3) is 0 Å². The van der Waals surface area contributed by atoms with E-state index in [4.69, 9.17) is 4.74 Å². The van der Waals surface area contributed by atoms with Crippen molar-refractivity contribution >= 4 is 23.5 Å². The van der Waals surface area contributed by atoms with Gasteiger partial charge in [-0.15, -0.1) is 10.2 Å². The number of benzene rings is 2. The quantitative estimate of drug-likeness (QED) is 0.366. The Hall–Kier alpha value is -3.59. The summed E-state index contributed by atoms with van der Waals surface area (Å²) in [6, 6.07) is 17.8. The number of anilines is 1. The van der Waals surface area contributed by atoms with E-state index in [1.165, 1.54) is 17.3 Å². The van der Waals surface area contributed by atoms with Crippen LogP contribution in [0.25, 0.3) is 17.1 Å². The Morgan fingerprint density at radius 3 is 2.50 bits per heavy atom. The largest absolute Gasteiger partial charge is 0.497 e. The number of amides is 1. The zero-order valence-corrected chi connectivity index (χ0v) is 20.8. The van der Waals surface area contributed by atoms with Crippen LogP contribution in [0.5, 0.6) is 5.75 Å². The number of nitrogens with zero attached hydrogens (tertiary/aromatic N) is 5. The van der Waals surface area contributed by atoms with Gasteiger partial charge in [0.1, 0.15) is 11.6 Å². The molecule has 176 valence electrons. The molecule has 0 saturated carbocycles. The van der Waals surface area contributed by atoms with Crippen LogP contribution < -0.4 is 10.1 Å². The van der Waals surface area contributed by atoms with Crippen molar-refractivity contribution in [3.05, 3.63) is 65.9 Å². The first-order chi connectivity index (χ1) is 16.4. The molecule has 0 aliphatic carbocycles. The first kappa shape index (κ1) is 23.6. The number of para-hydroxylation sites is 1. The average Bonchev–Trinajstić information content (AvgIpc) is 3.39. The van der Waals surface area contributed by atoms with Crippen molar-refractivity contribution in [2.75, 3.05) is 18.2 Å². The third-order valence-electron chi connectivity index (χ3n) is 5.38. The average molecular weight is 477 g/mol. The van der Waals surface area contributed by atoms with Gasteiger partial charge in [-0.25, -0.2) is 0 Å². The molecule has 0 saturated heterocycles. The van der Waals surface area contributed by atoms with E-state index in [0.717, 1.165) is 22.7 Å². The minimum absolute atomic E-state index is 0.134. The van der Waals surface area contributed by atoms with Gasteiger partial charge >= 0.3 is 0 Å². The van der Waals surface area contributed by atoms with Crippen molar-refractivity contribution in [3.8, 4) is 22.8 Å². The molecule has 0 bridgehead atoms. The summed E-state index contributed by atoms with van der Waals surface area (Å²) in [5, 5.41) is 16.8. The fraction of sp³-hybridized carbons (Fsp3) is 0.280. The molecule has 1 amide bonds. The Morgan fingerprint density at radius 1 is 1.12 bits per heavy atom. The molecule has 0 unspecified atom stereocenters. The van der Waals surface area contributed by atoms with Crippen LogP contribution in [-0.4, -0.2) is 43.3 Å². The molecular formula is C25H28N6O2S. The Labute approximate surface area is 203 Å². The molecule has 0 radical (unpaired) electrons. The second-order valence-corrected chi connectivity index (χ2v) is 9.16. The number of carbonyl (C=O) groups is 1. The van der Waals surface area contributed by atoms with Crippen molar-refractivity contribution in [1.29, 1.82) is 0 Å². The fourth-order valence-corrected chi connectivity index (χ4v) is 4.47. The highest BCUT2D eigenvalue weighted by Crippen LogP contribution is 2.32. The highest BCUT2D eigenvalue weighted by molar-refractivity contribution is 7.99. The van der Waals surface area contributed by atoms with Crippen molar-refractivity contribution in [3.63, 3.8) is 0 Å². The summed E-state index contributed by atoms with van der Waals surface area (Å²) >= 11 is 1.35. The van der Waals surface area contributed by atoms with Crippen LogP contribution in [0.1, 0.15) is 31.0 Å². The van der Waals surface area contributed by atoms with Crippen molar-refractivity contribution in [1.82, 2.24) is 24.5 Å². The monoisotopic (exact) mass is 476 g/mol. The lowest BCUT2D eigenvalue weighted by molar-refractivity contribution is -0.113. The summed E-state index contributed by atoms with van der Waals surface area (Å²) in [5.41, 5.74) is 3.93. The van der Waals surface area contributed by atoms with E-state index in [2.05, 4.69) is 46.6 Å². The van der Waals surface area contributed by atoms with Gasteiger partial charge in [-0.2, -0.15) is 5.10 Å². The van der Waals surface area contributed by atoms with E-state index >= 15 is 0 Å². The first-order valence-corrected chi connectivity index (χ1v) is 12.0. The maximum atomic E-state index is 12.7. The van der Waals surface area contributed by atoms with Gasteiger partial charge in [0.15, 0.2) is 11.0 Å². The van der Waals surface area contributed by atoms with E-state index in [0.29, 0.717) is 22.7 Å². The van der Waals surface area contributed by atoms with Crippen LogP contribution in [-0.2, 0) is 11.8 Å². The molecule has 0 aliphatic rings. The highest BCUT2D eigenvalue weighted by Gasteiger charge is 2.20. The molecule has 8 nitrogen and oxygen atoms in total. The van der Waals surface area contributed by atoms with Crippen molar-refractivity contribution in [2.45, 2.75) is 31.8 Å². The molecule has 0 fully saturated rings. The summed E-state index contributed by atoms with van der Waals surface area (Å²) < 4.78 is 8.99. The normalized spacial score (nSPS) is 11.1. The maximum absolute atomic E-state index is 12.7. The van der Waals surface area contributed by atoms with E-state index < -0.39 is 0 Å². The van der Waals surface area contributed by atoms with Crippen LogP contribution in [0.2, 0.25) is 0 Å². The molecular weight excluding hydrogens is 448 g/mol. The van der Waals surface area contributed by atoms with Gasteiger partial charge in [-0.3, -0.25) is 14.0 Å². The minimum atomic E-state index is -0.134. The second-order valence-electron chi connectivity index (χ2n) is 8.22. The predicted octanol–water partition coefficient (Wildman–Crippen LogP) is 4.84. The number of aromatic nitrogens is 5. The zero-order chi connectivity index (χ0) is 24.2. The lowest BCUT2D eigenvalue weighted by Crippen LogP contribution is -2.17. The van der Waals surface area contributed by atoms with Crippen molar-refractivity contribution < 1.29 is 9.53 Å². The number of methoxy groups -OCH3 is 1. The van der Waals surface area contributed by atoms with Crippen LogP contribution in [0.3, 0.4) is 0 Å². The lowest BCUT2D eigenvalue weighted by Gasteiger charge is -2.17. The number of hydrogen-bond acceptors (Lipinski definition) is 6. The molecule has 9 heteroatoms. The molecule has 4 aromatic rings. The Balaban J connectivity index is 1.68. The number of carbonyl (C=O) groups excluding carboxylic acids is 1. The van der Waals surface area contributed by atoms with Crippen LogP contribution in [0, 0.1) is 6.92 Å². The minimum Gasteiger partial charge on any atom is -0.497 e. The summed E-state index contributed by atoms with van der Waals surface area (Å²) in [6.07, 6.45) is 0. The smallest absolute Gasteiger partial charge is 0.235 e. The number of aryl methyl sites for hydroxylation is 2. The highest BCUT2D eigenvalue weighted by atomic mass is 32.2. The lowest BCUT2D eigenvalue weighted by atomic mass is 10.0. The number of nitrogens with one attached hydrogen (secondary N) is 1. The molecule has 2 aromatic carbocycles. The number of hydrogen-bond donors (Lipinski definition) is 1. The molecule has 34 heavy (non-hydrogen) atoms. The summed E-state index contributed by atoms with van der Waals surface area (Å²) in [4.78, 5) is 12.7. The van der Waals surface area contributed by atoms with Gasteiger partial charge < -0.3 is 10.1 Å². The fourth-order valence-electron chi connectivity index (χ4n) is 3.72. The van der Waals surface area contributed by atoms with E-state index in [1.807, 2.05) is 54.0 Å². The Kier molecular flexibility index (Phi) is 7.02. The maximum Gasteiger partial charge on any atom is 0.235 e. The van der Waals surface area contributed by atoms with Gasteiger partial charge in [0.05, 0.1) is 24.2 Å². The number of ether oxygens (including phenoxy) is 1. The van der Waals surface area contributed by atoms with Gasteiger partial charge in [-0.05, 0) is 48.7 Å².